The lowest BCUT2D eigenvalue weighted by atomic mass is 10.1. The zero-order chi connectivity index (χ0) is 19.2. The van der Waals surface area contributed by atoms with E-state index in [0.717, 1.165) is 22.1 Å². The van der Waals surface area contributed by atoms with Gasteiger partial charge in [-0.05, 0) is 49.1 Å². The highest BCUT2D eigenvalue weighted by atomic mass is 32.2. The minimum absolute atomic E-state index is 0.342. The Hall–Kier alpha value is -2.71. The number of aromatic nitrogens is 2. The number of rotatable bonds is 5. The highest BCUT2D eigenvalue weighted by Gasteiger charge is 2.09. The molecule has 0 unspecified atom stereocenters. The number of thioether (sulfide) groups is 1. The molecule has 2 heterocycles. The number of carbonyl (C=O) groups excluding carboxylic acids is 2. The molecule has 1 aromatic carbocycles. The molecule has 2 N–H and O–H groups in total. The van der Waals surface area contributed by atoms with Crippen molar-refractivity contribution in [3.63, 3.8) is 0 Å². The Kier molecular flexibility index (Phi) is 6.20. The van der Waals surface area contributed by atoms with Crippen molar-refractivity contribution in [2.75, 3.05) is 0 Å². The Morgan fingerprint density at radius 1 is 0.963 bits per heavy atom. The molecule has 0 aliphatic rings. The lowest BCUT2D eigenvalue weighted by molar-refractivity contribution is 0.0847. The monoisotopic (exact) mass is 398 g/mol. The molecule has 8 heteroatoms. The van der Waals surface area contributed by atoms with Gasteiger partial charge in [0.25, 0.3) is 11.8 Å². The van der Waals surface area contributed by atoms with Crippen LogP contribution < -0.4 is 10.9 Å². The Morgan fingerprint density at radius 3 is 2.19 bits per heavy atom. The summed E-state index contributed by atoms with van der Waals surface area (Å²) in [6, 6.07) is 10.8. The number of nitrogens with one attached hydrogen (secondary N) is 2. The molecule has 0 bridgehead atoms. The summed E-state index contributed by atoms with van der Waals surface area (Å²) in [6.07, 6.45) is 0. The van der Waals surface area contributed by atoms with Gasteiger partial charge in [0.1, 0.15) is 0 Å². The van der Waals surface area contributed by atoms with Crippen LogP contribution in [0.5, 0.6) is 0 Å². The molecule has 27 heavy (non-hydrogen) atoms. The van der Waals surface area contributed by atoms with Crippen LogP contribution >= 0.6 is 23.1 Å². The molecule has 6 nitrogen and oxygen atoms in total. The van der Waals surface area contributed by atoms with E-state index in [-0.39, 0.29) is 11.8 Å². The molecule has 138 valence electrons. The summed E-state index contributed by atoms with van der Waals surface area (Å²) < 4.78 is 0. The Labute approximate surface area is 165 Å². The SMILES string of the molecule is Cc1cc(C)nc(SCc2ccc(C(=O)NNC(=O)c3ccsc3)cc2)n1. The van der Waals surface area contributed by atoms with Crippen molar-refractivity contribution in [3.8, 4) is 0 Å². The van der Waals surface area contributed by atoms with Gasteiger partial charge in [-0.3, -0.25) is 20.4 Å². The van der Waals surface area contributed by atoms with Gasteiger partial charge >= 0.3 is 0 Å². The number of hydrogen-bond acceptors (Lipinski definition) is 6. The van der Waals surface area contributed by atoms with Crippen LogP contribution in [0.2, 0.25) is 0 Å². The van der Waals surface area contributed by atoms with Crippen LogP contribution in [0.15, 0.2) is 52.3 Å². The lowest BCUT2D eigenvalue weighted by Gasteiger charge is -2.07. The van der Waals surface area contributed by atoms with E-state index in [1.54, 1.807) is 40.7 Å². The number of thiophene rings is 1. The van der Waals surface area contributed by atoms with Crippen LogP contribution in [0.3, 0.4) is 0 Å². The standard InChI is InChI=1S/C19H18N4O2S2/c1-12-9-13(2)21-19(20-12)27-10-14-3-5-15(6-4-14)17(24)22-23-18(25)16-7-8-26-11-16/h3-9,11H,10H2,1-2H3,(H,22,24)(H,23,25). The number of amides is 2. The molecule has 0 fully saturated rings. The predicted molar refractivity (Wildman–Crippen MR) is 107 cm³/mol. The topological polar surface area (TPSA) is 84.0 Å². The number of hydrazine groups is 1. The molecule has 2 aromatic heterocycles. The minimum Gasteiger partial charge on any atom is -0.267 e. The van der Waals surface area contributed by atoms with Crippen molar-refractivity contribution >= 4 is 34.9 Å². The summed E-state index contributed by atoms with van der Waals surface area (Å²) in [5.74, 6) is 0.00107. The maximum atomic E-state index is 12.1. The molecular formula is C19H18N4O2S2. The third-order valence-corrected chi connectivity index (χ3v) is 5.22. The molecule has 0 aliphatic carbocycles. The first-order valence-corrected chi connectivity index (χ1v) is 10.1. The Morgan fingerprint density at radius 2 is 1.59 bits per heavy atom. The normalized spacial score (nSPS) is 10.4. The summed E-state index contributed by atoms with van der Waals surface area (Å²) in [4.78, 5) is 32.8. The van der Waals surface area contributed by atoms with E-state index >= 15 is 0 Å². The predicted octanol–water partition coefficient (Wildman–Crippen LogP) is 3.52. The van der Waals surface area contributed by atoms with Crippen LogP contribution in [0, 0.1) is 13.8 Å². The van der Waals surface area contributed by atoms with Gasteiger partial charge in [0, 0.05) is 28.1 Å². The number of hydrogen-bond donors (Lipinski definition) is 2. The van der Waals surface area contributed by atoms with Gasteiger partial charge < -0.3 is 0 Å². The molecule has 0 atom stereocenters. The van der Waals surface area contributed by atoms with E-state index in [2.05, 4.69) is 20.8 Å². The third-order valence-electron chi connectivity index (χ3n) is 3.62. The number of nitrogens with zero attached hydrogens (tertiary/aromatic N) is 2. The Bertz CT molecular complexity index is 921. The van der Waals surface area contributed by atoms with Gasteiger partial charge in [-0.1, -0.05) is 23.9 Å². The lowest BCUT2D eigenvalue weighted by Crippen LogP contribution is -2.41. The highest BCUT2D eigenvalue weighted by molar-refractivity contribution is 7.98. The van der Waals surface area contributed by atoms with Crippen molar-refractivity contribution < 1.29 is 9.59 Å². The van der Waals surface area contributed by atoms with Crippen molar-refractivity contribution in [3.05, 3.63) is 75.2 Å². The molecule has 0 aliphatic heterocycles. The van der Waals surface area contributed by atoms with Gasteiger partial charge in [-0.2, -0.15) is 11.3 Å². The summed E-state index contributed by atoms with van der Waals surface area (Å²) in [5.41, 5.74) is 8.75. The maximum Gasteiger partial charge on any atom is 0.270 e. The summed E-state index contributed by atoms with van der Waals surface area (Å²) in [6.45, 7) is 3.90. The molecule has 3 rings (SSSR count). The molecule has 3 aromatic rings. The van der Waals surface area contributed by atoms with Crippen LogP contribution in [0.25, 0.3) is 0 Å². The van der Waals surface area contributed by atoms with E-state index < -0.39 is 0 Å². The van der Waals surface area contributed by atoms with Gasteiger partial charge in [0.2, 0.25) is 0 Å². The average Bonchev–Trinajstić information content (AvgIpc) is 3.19. The number of benzene rings is 1. The first kappa shape index (κ1) is 19.1. The first-order chi connectivity index (χ1) is 13.0. The first-order valence-electron chi connectivity index (χ1n) is 8.18. The Balaban J connectivity index is 1.53. The van der Waals surface area contributed by atoms with E-state index in [1.807, 2.05) is 32.0 Å². The zero-order valence-corrected chi connectivity index (χ0v) is 16.5. The second kappa shape index (κ2) is 8.79. The summed E-state index contributed by atoms with van der Waals surface area (Å²) >= 11 is 2.97. The fraction of sp³-hybridized carbons (Fsp3) is 0.158. The van der Waals surface area contributed by atoms with E-state index in [9.17, 15) is 9.59 Å². The van der Waals surface area contributed by atoms with E-state index in [0.29, 0.717) is 16.9 Å². The number of aryl methyl sites for hydroxylation is 2. The second-order valence-electron chi connectivity index (χ2n) is 5.84. The van der Waals surface area contributed by atoms with Gasteiger partial charge in [-0.15, -0.1) is 0 Å². The molecule has 0 saturated heterocycles. The van der Waals surface area contributed by atoms with Crippen molar-refractivity contribution in [1.29, 1.82) is 0 Å². The minimum atomic E-state index is -0.365. The average molecular weight is 399 g/mol. The van der Waals surface area contributed by atoms with Gasteiger partial charge in [0.05, 0.1) is 5.56 Å². The quantitative estimate of drug-likeness (QED) is 0.390. The van der Waals surface area contributed by atoms with Crippen LogP contribution in [-0.2, 0) is 5.75 Å². The van der Waals surface area contributed by atoms with E-state index in [1.165, 1.54) is 11.3 Å². The van der Waals surface area contributed by atoms with Gasteiger partial charge in [0.15, 0.2) is 5.16 Å². The van der Waals surface area contributed by atoms with Crippen molar-refractivity contribution in [2.45, 2.75) is 24.8 Å². The largest absolute Gasteiger partial charge is 0.270 e. The summed E-state index contributed by atoms with van der Waals surface area (Å²) in [7, 11) is 0. The maximum absolute atomic E-state index is 12.1. The van der Waals surface area contributed by atoms with Crippen molar-refractivity contribution in [2.24, 2.45) is 0 Å². The highest BCUT2D eigenvalue weighted by Crippen LogP contribution is 2.20. The molecule has 0 radical (unpaired) electrons. The molecule has 0 saturated carbocycles. The van der Waals surface area contributed by atoms with Gasteiger partial charge in [-0.25, -0.2) is 9.97 Å². The van der Waals surface area contributed by atoms with Crippen molar-refractivity contribution in [1.82, 2.24) is 20.8 Å². The fourth-order valence-corrected chi connectivity index (χ4v) is 3.85. The third kappa shape index (κ3) is 5.38. The molecular weight excluding hydrogens is 380 g/mol. The second-order valence-corrected chi connectivity index (χ2v) is 7.56. The molecule has 2 amide bonds. The summed E-state index contributed by atoms with van der Waals surface area (Å²) in [5, 5.41) is 4.26. The molecule has 0 spiro atoms. The van der Waals surface area contributed by atoms with Crippen LogP contribution in [0.1, 0.15) is 37.7 Å². The number of carbonyl (C=O) groups is 2. The van der Waals surface area contributed by atoms with E-state index in [4.69, 9.17) is 0 Å². The fourth-order valence-electron chi connectivity index (χ4n) is 2.31. The van der Waals surface area contributed by atoms with Crippen LogP contribution in [0.4, 0.5) is 0 Å². The smallest absolute Gasteiger partial charge is 0.267 e. The zero-order valence-electron chi connectivity index (χ0n) is 14.9. The van der Waals surface area contributed by atoms with Crippen LogP contribution in [-0.4, -0.2) is 21.8 Å².